The fourth-order valence-corrected chi connectivity index (χ4v) is 2.23. The Hall–Kier alpha value is -2.35. The maximum Gasteiger partial charge on any atom is 0.308 e. The summed E-state index contributed by atoms with van der Waals surface area (Å²) in [6, 6.07) is 8.38. The maximum absolute atomic E-state index is 12.2. The molecule has 0 aromatic heterocycles. The molecular formula is C14H14N2O3. The van der Waals surface area contributed by atoms with Crippen molar-refractivity contribution in [1.82, 2.24) is 4.90 Å². The normalized spacial score (nSPS) is 18.7. The molecule has 0 spiro atoms. The Kier molecular flexibility index (Phi) is 3.81. The summed E-state index contributed by atoms with van der Waals surface area (Å²) in [6.45, 7) is 0.844. The first-order valence-electron chi connectivity index (χ1n) is 6.14. The largest absolute Gasteiger partial charge is 0.481 e. The highest BCUT2D eigenvalue weighted by atomic mass is 16.4. The molecule has 1 N–H and O–H groups in total. The average Bonchev–Trinajstić information content (AvgIpc) is 2.46. The lowest BCUT2D eigenvalue weighted by molar-refractivity contribution is -0.143. The molecule has 0 bridgehead atoms. The summed E-state index contributed by atoms with van der Waals surface area (Å²) in [4.78, 5) is 24.8. The fourth-order valence-electron chi connectivity index (χ4n) is 2.23. The van der Waals surface area contributed by atoms with Gasteiger partial charge in [0.15, 0.2) is 0 Å². The van der Waals surface area contributed by atoms with Crippen molar-refractivity contribution in [3.8, 4) is 6.07 Å². The number of carboxylic acid groups (broad SMARTS) is 1. The molecule has 98 valence electrons. The van der Waals surface area contributed by atoms with Gasteiger partial charge < -0.3 is 10.0 Å². The van der Waals surface area contributed by atoms with E-state index in [4.69, 9.17) is 10.4 Å². The molecular weight excluding hydrogens is 244 g/mol. The van der Waals surface area contributed by atoms with Gasteiger partial charge in [0.1, 0.15) is 0 Å². The Morgan fingerprint density at radius 2 is 2.00 bits per heavy atom. The minimum Gasteiger partial charge on any atom is -0.481 e. The van der Waals surface area contributed by atoms with Crippen LogP contribution in [0.2, 0.25) is 0 Å². The third-order valence-electron chi connectivity index (χ3n) is 3.32. The average molecular weight is 258 g/mol. The number of likely N-dealkylation sites (tertiary alicyclic amines) is 1. The number of hydrogen-bond donors (Lipinski definition) is 1. The number of carbonyl (C=O) groups excluding carboxylic acids is 1. The highest BCUT2D eigenvalue weighted by Gasteiger charge is 2.28. The number of carbonyl (C=O) groups is 2. The van der Waals surface area contributed by atoms with Gasteiger partial charge >= 0.3 is 5.97 Å². The smallest absolute Gasteiger partial charge is 0.308 e. The van der Waals surface area contributed by atoms with E-state index in [9.17, 15) is 9.59 Å². The molecule has 19 heavy (non-hydrogen) atoms. The van der Waals surface area contributed by atoms with Crippen molar-refractivity contribution in [2.24, 2.45) is 5.92 Å². The van der Waals surface area contributed by atoms with Crippen LogP contribution in [-0.4, -0.2) is 35.0 Å². The lowest BCUT2D eigenvalue weighted by Gasteiger charge is -2.30. The number of benzene rings is 1. The molecule has 1 aliphatic rings. The minimum absolute atomic E-state index is 0.171. The van der Waals surface area contributed by atoms with Crippen molar-refractivity contribution in [2.75, 3.05) is 13.1 Å². The zero-order valence-corrected chi connectivity index (χ0v) is 10.4. The summed E-state index contributed by atoms with van der Waals surface area (Å²) in [5, 5.41) is 17.7. The van der Waals surface area contributed by atoms with Gasteiger partial charge in [-0.05, 0) is 37.1 Å². The highest BCUT2D eigenvalue weighted by molar-refractivity contribution is 5.94. The molecule has 1 aromatic rings. The lowest BCUT2D eigenvalue weighted by atomic mass is 9.97. The molecule has 5 nitrogen and oxygen atoms in total. The van der Waals surface area contributed by atoms with Crippen LogP contribution in [0.25, 0.3) is 0 Å². The van der Waals surface area contributed by atoms with E-state index in [0.29, 0.717) is 30.5 Å². The number of aliphatic carboxylic acids is 1. The van der Waals surface area contributed by atoms with Gasteiger partial charge in [-0.1, -0.05) is 0 Å². The predicted molar refractivity (Wildman–Crippen MR) is 67.4 cm³/mol. The standard InChI is InChI=1S/C14H14N2O3/c15-8-10-3-5-11(6-4-10)13(17)16-7-1-2-12(9-16)14(18)19/h3-6,12H,1-2,7,9H2,(H,18,19)/t12-/m0/s1. The van der Waals surface area contributed by atoms with Crippen molar-refractivity contribution in [2.45, 2.75) is 12.8 Å². The zero-order chi connectivity index (χ0) is 13.8. The van der Waals surface area contributed by atoms with Gasteiger partial charge in [0, 0.05) is 18.7 Å². The molecule has 1 saturated heterocycles. The zero-order valence-electron chi connectivity index (χ0n) is 10.4. The van der Waals surface area contributed by atoms with Crippen LogP contribution in [0.15, 0.2) is 24.3 Å². The predicted octanol–water partition coefficient (Wildman–Crippen LogP) is 1.50. The van der Waals surface area contributed by atoms with E-state index in [1.54, 1.807) is 29.2 Å². The quantitative estimate of drug-likeness (QED) is 0.871. The van der Waals surface area contributed by atoms with Crippen molar-refractivity contribution in [3.05, 3.63) is 35.4 Å². The first kappa shape index (κ1) is 13.1. The van der Waals surface area contributed by atoms with Gasteiger partial charge in [-0.25, -0.2) is 0 Å². The Bertz CT molecular complexity index is 531. The number of nitrogens with zero attached hydrogens (tertiary/aromatic N) is 2. The summed E-state index contributed by atoms with van der Waals surface area (Å²) in [6.07, 6.45) is 1.32. The number of amides is 1. The third kappa shape index (κ3) is 2.91. The lowest BCUT2D eigenvalue weighted by Crippen LogP contribution is -2.42. The Labute approximate surface area is 111 Å². The van der Waals surface area contributed by atoms with Crippen LogP contribution >= 0.6 is 0 Å². The number of rotatable bonds is 2. The summed E-state index contributed by atoms with van der Waals surface area (Å²) in [5.41, 5.74) is 0.989. The van der Waals surface area contributed by atoms with Crippen LogP contribution in [0.4, 0.5) is 0 Å². The van der Waals surface area contributed by atoms with Crippen LogP contribution in [0.5, 0.6) is 0 Å². The van der Waals surface area contributed by atoms with E-state index in [1.807, 2.05) is 6.07 Å². The summed E-state index contributed by atoms with van der Waals surface area (Å²) in [7, 11) is 0. The number of piperidine rings is 1. The van der Waals surface area contributed by atoms with Crippen molar-refractivity contribution >= 4 is 11.9 Å². The van der Waals surface area contributed by atoms with Crippen LogP contribution in [-0.2, 0) is 4.79 Å². The molecule has 1 fully saturated rings. The van der Waals surface area contributed by atoms with E-state index in [1.165, 1.54) is 0 Å². The van der Waals surface area contributed by atoms with Gasteiger partial charge in [-0.3, -0.25) is 9.59 Å². The van der Waals surface area contributed by atoms with Crippen LogP contribution in [0.3, 0.4) is 0 Å². The molecule has 0 saturated carbocycles. The van der Waals surface area contributed by atoms with Crippen molar-refractivity contribution in [1.29, 1.82) is 5.26 Å². The van der Waals surface area contributed by atoms with E-state index in [0.717, 1.165) is 0 Å². The van der Waals surface area contributed by atoms with Gasteiger partial charge in [-0.15, -0.1) is 0 Å². The van der Waals surface area contributed by atoms with E-state index >= 15 is 0 Å². The molecule has 1 aliphatic heterocycles. The number of hydrogen-bond acceptors (Lipinski definition) is 3. The minimum atomic E-state index is -0.850. The van der Waals surface area contributed by atoms with Gasteiger partial charge in [0.05, 0.1) is 17.6 Å². The highest BCUT2D eigenvalue weighted by Crippen LogP contribution is 2.19. The molecule has 1 aromatic carbocycles. The van der Waals surface area contributed by atoms with Gasteiger partial charge in [0.2, 0.25) is 0 Å². The molecule has 5 heteroatoms. The SMILES string of the molecule is N#Cc1ccc(C(=O)N2CCC[C@H](C(=O)O)C2)cc1. The topological polar surface area (TPSA) is 81.4 Å². The Morgan fingerprint density at radius 3 is 2.58 bits per heavy atom. The van der Waals surface area contributed by atoms with Gasteiger partial charge in [-0.2, -0.15) is 5.26 Å². The molecule has 1 atom stereocenters. The Balaban J connectivity index is 2.10. The molecule has 0 aliphatic carbocycles. The first-order chi connectivity index (χ1) is 9.11. The van der Waals surface area contributed by atoms with Crippen molar-refractivity contribution in [3.63, 3.8) is 0 Å². The number of nitriles is 1. The molecule has 2 rings (SSSR count). The van der Waals surface area contributed by atoms with Crippen LogP contribution < -0.4 is 0 Å². The second-order valence-corrected chi connectivity index (χ2v) is 4.62. The van der Waals surface area contributed by atoms with Gasteiger partial charge in [0.25, 0.3) is 5.91 Å². The van der Waals surface area contributed by atoms with Crippen molar-refractivity contribution < 1.29 is 14.7 Å². The second kappa shape index (κ2) is 5.53. The Morgan fingerprint density at radius 1 is 1.32 bits per heavy atom. The third-order valence-corrected chi connectivity index (χ3v) is 3.32. The van der Waals surface area contributed by atoms with E-state index < -0.39 is 11.9 Å². The van der Waals surface area contributed by atoms with Crippen LogP contribution in [0.1, 0.15) is 28.8 Å². The van der Waals surface area contributed by atoms with E-state index in [-0.39, 0.29) is 12.5 Å². The molecule has 1 amide bonds. The van der Waals surface area contributed by atoms with E-state index in [2.05, 4.69) is 0 Å². The first-order valence-corrected chi connectivity index (χ1v) is 6.14. The maximum atomic E-state index is 12.2. The summed E-state index contributed by atoms with van der Waals surface area (Å²) < 4.78 is 0. The van der Waals surface area contributed by atoms with Crippen LogP contribution in [0, 0.1) is 17.2 Å². The molecule has 1 heterocycles. The second-order valence-electron chi connectivity index (χ2n) is 4.62. The molecule has 0 unspecified atom stereocenters. The summed E-state index contributed by atoms with van der Waals surface area (Å²) >= 11 is 0. The summed E-state index contributed by atoms with van der Waals surface area (Å²) in [5.74, 6) is -1.50. The molecule has 0 radical (unpaired) electrons. The number of carboxylic acids is 1. The fraction of sp³-hybridized carbons (Fsp3) is 0.357. The monoisotopic (exact) mass is 258 g/mol.